The van der Waals surface area contributed by atoms with E-state index in [0.29, 0.717) is 22.6 Å². The molecule has 7 heteroatoms. The fraction of sp³-hybridized carbons (Fsp3) is 0.200. The predicted octanol–water partition coefficient (Wildman–Crippen LogP) is 2.29. The molecule has 0 spiro atoms. The second-order valence-corrected chi connectivity index (χ2v) is 5.67. The molecule has 2 N–H and O–H groups in total. The average Bonchev–Trinajstić information content (AvgIpc) is 3.33. The summed E-state index contributed by atoms with van der Waals surface area (Å²) in [5.41, 5.74) is 7.24. The molecule has 0 unspecified atom stereocenters. The van der Waals surface area contributed by atoms with Crippen molar-refractivity contribution in [2.75, 3.05) is 5.73 Å². The number of halogens is 1. The molecular formula is C15H12ClN5O. The molecule has 1 fully saturated rings. The zero-order valence-electron chi connectivity index (χ0n) is 11.5. The summed E-state index contributed by atoms with van der Waals surface area (Å²) < 4.78 is 1.37. The van der Waals surface area contributed by atoms with E-state index in [9.17, 15) is 4.79 Å². The van der Waals surface area contributed by atoms with E-state index >= 15 is 0 Å². The Morgan fingerprint density at radius 1 is 1.23 bits per heavy atom. The molecule has 0 radical (unpaired) electrons. The van der Waals surface area contributed by atoms with E-state index in [1.54, 1.807) is 18.3 Å². The van der Waals surface area contributed by atoms with Crippen molar-refractivity contribution in [1.29, 1.82) is 0 Å². The van der Waals surface area contributed by atoms with Gasteiger partial charge in [-0.2, -0.15) is 4.98 Å². The highest BCUT2D eigenvalue weighted by Gasteiger charge is 2.26. The van der Waals surface area contributed by atoms with E-state index < -0.39 is 5.69 Å². The van der Waals surface area contributed by atoms with Crippen LogP contribution in [0.4, 0.5) is 5.82 Å². The van der Waals surface area contributed by atoms with Crippen LogP contribution in [0.3, 0.4) is 0 Å². The molecule has 0 aliphatic heterocycles. The minimum Gasteiger partial charge on any atom is -0.383 e. The van der Waals surface area contributed by atoms with Gasteiger partial charge in [0.2, 0.25) is 0 Å². The van der Waals surface area contributed by atoms with Gasteiger partial charge in [-0.1, -0.05) is 11.6 Å². The maximum Gasteiger partial charge on any atom is 0.355 e. The third-order valence-corrected chi connectivity index (χ3v) is 4.06. The Labute approximate surface area is 130 Å². The predicted molar refractivity (Wildman–Crippen MR) is 84.3 cm³/mol. The van der Waals surface area contributed by atoms with Gasteiger partial charge in [-0.15, -0.1) is 0 Å². The first-order chi connectivity index (χ1) is 10.6. The molecule has 0 bridgehead atoms. The summed E-state index contributed by atoms with van der Waals surface area (Å²) >= 11 is 6.13. The number of pyridine rings is 2. The highest BCUT2D eigenvalue weighted by atomic mass is 35.5. The van der Waals surface area contributed by atoms with Gasteiger partial charge >= 0.3 is 5.69 Å². The fourth-order valence-corrected chi connectivity index (χ4v) is 2.71. The minimum absolute atomic E-state index is 0.172. The third kappa shape index (κ3) is 2.03. The lowest BCUT2D eigenvalue weighted by Gasteiger charge is -2.12. The van der Waals surface area contributed by atoms with E-state index in [1.165, 1.54) is 4.57 Å². The van der Waals surface area contributed by atoms with Gasteiger partial charge in [0.15, 0.2) is 10.8 Å². The largest absolute Gasteiger partial charge is 0.383 e. The molecule has 0 atom stereocenters. The Bertz CT molecular complexity index is 948. The summed E-state index contributed by atoms with van der Waals surface area (Å²) in [7, 11) is 0. The van der Waals surface area contributed by atoms with Crippen LogP contribution in [0.15, 0.2) is 35.3 Å². The lowest BCUT2D eigenvalue weighted by molar-refractivity contribution is 0.921. The molecule has 0 amide bonds. The van der Waals surface area contributed by atoms with Gasteiger partial charge in [0, 0.05) is 17.8 Å². The fourth-order valence-electron chi connectivity index (χ4n) is 2.51. The number of aromatic nitrogens is 4. The minimum atomic E-state index is -0.514. The van der Waals surface area contributed by atoms with Crippen LogP contribution in [0.2, 0.25) is 5.15 Å². The first-order valence-electron chi connectivity index (χ1n) is 6.95. The van der Waals surface area contributed by atoms with Crippen molar-refractivity contribution in [1.82, 2.24) is 19.5 Å². The molecule has 4 rings (SSSR count). The molecule has 1 saturated carbocycles. The molecule has 22 heavy (non-hydrogen) atoms. The summed E-state index contributed by atoms with van der Waals surface area (Å²) in [5.74, 6) is 0.637. The van der Waals surface area contributed by atoms with E-state index in [1.807, 2.05) is 12.1 Å². The third-order valence-electron chi connectivity index (χ3n) is 3.77. The van der Waals surface area contributed by atoms with E-state index in [-0.39, 0.29) is 11.0 Å². The van der Waals surface area contributed by atoms with Crippen molar-refractivity contribution in [3.05, 3.63) is 51.8 Å². The second kappa shape index (κ2) is 4.78. The van der Waals surface area contributed by atoms with Crippen LogP contribution in [0, 0.1) is 0 Å². The Hall–Kier alpha value is -2.47. The molecule has 3 heterocycles. The van der Waals surface area contributed by atoms with Gasteiger partial charge in [-0.25, -0.2) is 19.3 Å². The molecular weight excluding hydrogens is 302 g/mol. The van der Waals surface area contributed by atoms with E-state index in [2.05, 4.69) is 15.0 Å². The first-order valence-corrected chi connectivity index (χ1v) is 7.33. The van der Waals surface area contributed by atoms with Crippen molar-refractivity contribution >= 4 is 28.5 Å². The van der Waals surface area contributed by atoms with Gasteiger partial charge in [0.25, 0.3) is 0 Å². The summed E-state index contributed by atoms with van der Waals surface area (Å²) in [4.78, 5) is 24.9. The number of fused-ring (bicyclic) bond motifs is 1. The quantitative estimate of drug-likeness (QED) is 0.733. The Balaban J connectivity index is 2.10. The van der Waals surface area contributed by atoms with Crippen LogP contribution in [0.1, 0.15) is 24.5 Å². The second-order valence-electron chi connectivity index (χ2n) is 5.31. The highest BCUT2D eigenvalue weighted by molar-refractivity contribution is 6.31. The molecule has 3 aromatic heterocycles. The number of nitrogens with two attached hydrogens (primary N) is 1. The smallest absolute Gasteiger partial charge is 0.355 e. The van der Waals surface area contributed by atoms with Crippen LogP contribution >= 0.6 is 11.6 Å². The summed E-state index contributed by atoms with van der Waals surface area (Å²) in [5, 5.41) is 0.847. The summed E-state index contributed by atoms with van der Waals surface area (Å²) in [6.45, 7) is 0. The van der Waals surface area contributed by atoms with Crippen molar-refractivity contribution in [3.63, 3.8) is 0 Å². The van der Waals surface area contributed by atoms with Crippen LogP contribution in [-0.4, -0.2) is 19.5 Å². The number of hydrogen-bond acceptors (Lipinski definition) is 5. The van der Waals surface area contributed by atoms with Crippen molar-refractivity contribution < 1.29 is 0 Å². The van der Waals surface area contributed by atoms with Crippen LogP contribution in [0.5, 0.6) is 0 Å². The SMILES string of the molecule is Nc1nc(=O)n(-c2cccnc2Cl)c2nc(C3CC3)ccc12. The molecule has 1 aliphatic rings. The summed E-state index contributed by atoms with van der Waals surface area (Å²) in [6.07, 6.45) is 3.81. The van der Waals surface area contributed by atoms with Gasteiger partial charge in [0.1, 0.15) is 5.82 Å². The van der Waals surface area contributed by atoms with Gasteiger partial charge in [0.05, 0.1) is 11.1 Å². The van der Waals surface area contributed by atoms with Crippen molar-refractivity contribution in [2.45, 2.75) is 18.8 Å². The van der Waals surface area contributed by atoms with Gasteiger partial charge in [-0.3, -0.25) is 0 Å². The molecule has 0 aromatic carbocycles. The van der Waals surface area contributed by atoms with E-state index in [0.717, 1.165) is 18.5 Å². The molecule has 1 aliphatic carbocycles. The number of hydrogen-bond donors (Lipinski definition) is 1. The molecule has 110 valence electrons. The molecule has 0 saturated heterocycles. The van der Waals surface area contributed by atoms with Crippen LogP contribution < -0.4 is 11.4 Å². The lowest BCUT2D eigenvalue weighted by atomic mass is 10.2. The van der Waals surface area contributed by atoms with Crippen LogP contribution in [0.25, 0.3) is 16.7 Å². The Kier molecular flexibility index (Phi) is 2.87. The topological polar surface area (TPSA) is 86.7 Å². The zero-order valence-corrected chi connectivity index (χ0v) is 12.3. The zero-order chi connectivity index (χ0) is 15.3. The van der Waals surface area contributed by atoms with Crippen molar-refractivity contribution in [3.8, 4) is 5.69 Å². The maximum absolute atomic E-state index is 12.3. The first kappa shape index (κ1) is 13.2. The average molecular weight is 314 g/mol. The summed E-state index contributed by atoms with van der Waals surface area (Å²) in [6, 6.07) is 7.22. The number of nitrogens with zero attached hydrogens (tertiary/aromatic N) is 4. The van der Waals surface area contributed by atoms with E-state index in [4.69, 9.17) is 17.3 Å². The Morgan fingerprint density at radius 2 is 2.05 bits per heavy atom. The number of rotatable bonds is 2. The monoisotopic (exact) mass is 313 g/mol. The van der Waals surface area contributed by atoms with Crippen LogP contribution in [-0.2, 0) is 0 Å². The lowest BCUT2D eigenvalue weighted by Crippen LogP contribution is -2.24. The number of nitrogen functional groups attached to an aromatic ring is 1. The maximum atomic E-state index is 12.3. The highest BCUT2D eigenvalue weighted by Crippen LogP contribution is 2.39. The standard InChI is InChI=1S/C15H12ClN5O/c16-12-11(2-1-7-18-12)21-14-9(13(17)20-15(21)22)5-6-10(19-14)8-3-4-8/h1-2,5-8H,3-4H2,(H2,17,20,22). The normalized spacial score (nSPS) is 14.4. The number of anilines is 1. The Morgan fingerprint density at radius 3 is 2.77 bits per heavy atom. The van der Waals surface area contributed by atoms with Gasteiger partial charge < -0.3 is 5.73 Å². The molecule has 3 aromatic rings. The van der Waals surface area contributed by atoms with Gasteiger partial charge in [-0.05, 0) is 37.1 Å². The molecule has 6 nitrogen and oxygen atoms in total. The van der Waals surface area contributed by atoms with Crippen molar-refractivity contribution in [2.24, 2.45) is 0 Å².